The maximum absolute atomic E-state index is 13.2. The summed E-state index contributed by atoms with van der Waals surface area (Å²) in [7, 11) is 0. The predicted octanol–water partition coefficient (Wildman–Crippen LogP) is 5.75. The van der Waals surface area contributed by atoms with Crippen LogP contribution >= 0.6 is 11.6 Å². The molecule has 0 atom stereocenters. The Morgan fingerprint density at radius 1 is 0.950 bits per heavy atom. The van der Waals surface area contributed by atoms with Gasteiger partial charge in [-0.3, -0.25) is 0 Å². The van der Waals surface area contributed by atoms with E-state index in [0.29, 0.717) is 10.6 Å². The third-order valence-electron chi connectivity index (χ3n) is 2.85. The van der Waals surface area contributed by atoms with Crippen molar-refractivity contribution in [2.75, 3.05) is 0 Å². The van der Waals surface area contributed by atoms with Crippen molar-refractivity contribution in [2.24, 2.45) is 0 Å². The number of alkyl halides is 3. The molecule has 0 nitrogen and oxygen atoms in total. The van der Waals surface area contributed by atoms with E-state index in [-0.39, 0.29) is 5.56 Å². The first-order chi connectivity index (χ1) is 9.36. The van der Waals surface area contributed by atoms with Gasteiger partial charge in [0.2, 0.25) is 0 Å². The Hall–Kier alpha value is -1.74. The summed E-state index contributed by atoms with van der Waals surface area (Å²) in [6.45, 7) is 1.83. The van der Waals surface area contributed by atoms with Crippen LogP contribution in [-0.2, 0) is 0 Å². The van der Waals surface area contributed by atoms with Crippen LogP contribution in [-0.4, -0.2) is 6.18 Å². The van der Waals surface area contributed by atoms with Crippen molar-refractivity contribution in [3.63, 3.8) is 0 Å². The molecule has 20 heavy (non-hydrogen) atoms. The molecule has 0 aliphatic rings. The molecule has 0 fully saturated rings. The molecule has 0 heterocycles. The molecule has 0 saturated heterocycles. The fraction of sp³-hybridized carbons (Fsp3) is 0.125. The number of hydrogen-bond donors (Lipinski definition) is 0. The van der Waals surface area contributed by atoms with E-state index in [9.17, 15) is 13.2 Å². The van der Waals surface area contributed by atoms with Gasteiger partial charge >= 0.3 is 6.18 Å². The highest BCUT2D eigenvalue weighted by Crippen LogP contribution is 2.35. The van der Waals surface area contributed by atoms with E-state index in [2.05, 4.69) is 0 Å². The topological polar surface area (TPSA) is 0 Å². The summed E-state index contributed by atoms with van der Waals surface area (Å²) in [5.41, 5.74) is 0.863. The lowest BCUT2D eigenvalue weighted by atomic mass is 10.0. The van der Waals surface area contributed by atoms with Gasteiger partial charge in [0.15, 0.2) is 0 Å². The summed E-state index contributed by atoms with van der Waals surface area (Å²) < 4.78 is 39.5. The average molecular weight is 297 g/mol. The maximum atomic E-state index is 13.2. The first kappa shape index (κ1) is 14.7. The lowest BCUT2D eigenvalue weighted by Gasteiger charge is -2.12. The molecule has 0 bridgehead atoms. The van der Waals surface area contributed by atoms with Gasteiger partial charge in [-0.25, -0.2) is 0 Å². The van der Waals surface area contributed by atoms with Crippen molar-refractivity contribution in [3.05, 3.63) is 70.2 Å². The molecule has 0 saturated carbocycles. The first-order valence-corrected chi connectivity index (χ1v) is 6.35. The van der Waals surface area contributed by atoms with Gasteiger partial charge < -0.3 is 0 Å². The van der Waals surface area contributed by atoms with E-state index < -0.39 is 11.7 Å². The third-order valence-corrected chi connectivity index (χ3v) is 3.10. The number of rotatable bonds is 2. The van der Waals surface area contributed by atoms with E-state index in [1.807, 2.05) is 6.92 Å². The molecule has 2 aromatic rings. The minimum absolute atomic E-state index is 0.151. The third kappa shape index (κ3) is 3.64. The Bertz CT molecular complexity index is 608. The van der Waals surface area contributed by atoms with Crippen LogP contribution in [0.15, 0.2) is 48.5 Å². The van der Waals surface area contributed by atoms with Crippen LogP contribution in [0.4, 0.5) is 13.2 Å². The van der Waals surface area contributed by atoms with Crippen LogP contribution in [0.1, 0.15) is 16.7 Å². The molecule has 0 amide bonds. The molecule has 4 heteroatoms. The zero-order chi connectivity index (χ0) is 14.8. The fourth-order valence-electron chi connectivity index (χ4n) is 1.79. The van der Waals surface area contributed by atoms with Crippen LogP contribution in [0, 0.1) is 6.92 Å². The smallest absolute Gasteiger partial charge is 0.166 e. The van der Waals surface area contributed by atoms with Crippen LogP contribution in [0.2, 0.25) is 5.02 Å². The van der Waals surface area contributed by atoms with E-state index in [1.165, 1.54) is 12.1 Å². The fourth-order valence-corrected chi connectivity index (χ4v) is 1.91. The second-order valence-electron chi connectivity index (χ2n) is 4.47. The summed E-state index contributed by atoms with van der Waals surface area (Å²) in [5, 5.41) is 0.492. The van der Waals surface area contributed by atoms with Crippen molar-refractivity contribution in [2.45, 2.75) is 13.1 Å². The standard InChI is InChI=1S/C16H12ClF3/c1-11-2-6-13(7-3-11)15(16(18,19)20)10-12-4-8-14(17)9-5-12/h2-10H,1H3/b15-10+. The lowest BCUT2D eigenvalue weighted by Crippen LogP contribution is -2.10. The Morgan fingerprint density at radius 2 is 1.50 bits per heavy atom. The first-order valence-electron chi connectivity index (χ1n) is 5.98. The Morgan fingerprint density at radius 3 is 2.00 bits per heavy atom. The van der Waals surface area contributed by atoms with Gasteiger partial charge in [-0.05, 0) is 36.3 Å². The minimum atomic E-state index is -4.41. The molecule has 0 radical (unpaired) electrons. The molecule has 0 spiro atoms. The summed E-state index contributed by atoms with van der Waals surface area (Å²) in [5.74, 6) is 0. The van der Waals surface area contributed by atoms with Gasteiger partial charge in [0.05, 0.1) is 5.57 Å². The van der Waals surface area contributed by atoms with Gasteiger partial charge in [-0.2, -0.15) is 13.2 Å². The van der Waals surface area contributed by atoms with Crippen molar-refractivity contribution < 1.29 is 13.2 Å². The largest absolute Gasteiger partial charge is 0.417 e. The molecule has 2 aromatic carbocycles. The Balaban J connectivity index is 2.48. The number of halogens is 4. The van der Waals surface area contributed by atoms with Gasteiger partial charge in [0.1, 0.15) is 0 Å². The molecule has 104 valence electrons. The summed E-state index contributed by atoms with van der Waals surface area (Å²) in [6, 6.07) is 12.5. The molecule has 0 unspecified atom stereocenters. The highest BCUT2D eigenvalue weighted by atomic mass is 35.5. The second-order valence-corrected chi connectivity index (χ2v) is 4.91. The van der Waals surface area contributed by atoms with Gasteiger partial charge in [-0.1, -0.05) is 53.6 Å². The normalized spacial score (nSPS) is 12.6. The van der Waals surface area contributed by atoms with Crippen molar-refractivity contribution >= 4 is 23.3 Å². The summed E-state index contributed by atoms with van der Waals surface area (Å²) in [4.78, 5) is 0. The average Bonchev–Trinajstić information content (AvgIpc) is 2.38. The summed E-state index contributed by atoms with van der Waals surface area (Å²) >= 11 is 5.73. The molecule has 2 rings (SSSR count). The highest BCUT2D eigenvalue weighted by Gasteiger charge is 2.34. The minimum Gasteiger partial charge on any atom is -0.166 e. The van der Waals surface area contributed by atoms with Crippen molar-refractivity contribution in [1.29, 1.82) is 0 Å². The zero-order valence-corrected chi connectivity index (χ0v) is 11.5. The maximum Gasteiger partial charge on any atom is 0.417 e. The zero-order valence-electron chi connectivity index (χ0n) is 10.7. The van der Waals surface area contributed by atoms with Crippen LogP contribution in [0.25, 0.3) is 11.6 Å². The Kier molecular flexibility index (Phi) is 4.19. The highest BCUT2D eigenvalue weighted by molar-refractivity contribution is 6.30. The van der Waals surface area contributed by atoms with Crippen molar-refractivity contribution in [1.82, 2.24) is 0 Å². The summed E-state index contributed by atoms with van der Waals surface area (Å²) in [6.07, 6.45) is -3.28. The monoisotopic (exact) mass is 296 g/mol. The van der Waals surface area contributed by atoms with Crippen LogP contribution in [0.3, 0.4) is 0 Å². The Labute approximate surface area is 120 Å². The number of allylic oxidation sites excluding steroid dienone is 1. The van der Waals surface area contributed by atoms with Crippen LogP contribution in [0.5, 0.6) is 0 Å². The van der Waals surface area contributed by atoms with Gasteiger partial charge in [0.25, 0.3) is 0 Å². The number of benzene rings is 2. The molecular formula is C16H12ClF3. The quantitative estimate of drug-likeness (QED) is 0.619. The SMILES string of the molecule is Cc1ccc(/C(=C\c2ccc(Cl)cc2)C(F)(F)F)cc1. The molecular weight excluding hydrogens is 285 g/mol. The molecule has 0 aromatic heterocycles. The molecule has 0 N–H and O–H groups in total. The molecule has 0 aliphatic carbocycles. The van der Waals surface area contributed by atoms with E-state index in [0.717, 1.165) is 11.6 Å². The molecule has 0 aliphatic heterocycles. The van der Waals surface area contributed by atoms with Crippen molar-refractivity contribution in [3.8, 4) is 0 Å². The van der Waals surface area contributed by atoms with Gasteiger partial charge in [0, 0.05) is 5.02 Å². The lowest BCUT2D eigenvalue weighted by molar-refractivity contribution is -0.0683. The van der Waals surface area contributed by atoms with E-state index >= 15 is 0 Å². The van der Waals surface area contributed by atoms with E-state index in [4.69, 9.17) is 11.6 Å². The van der Waals surface area contributed by atoms with Crippen LogP contribution < -0.4 is 0 Å². The number of aryl methyl sites for hydroxylation is 1. The predicted molar refractivity (Wildman–Crippen MR) is 76.6 cm³/mol. The second kappa shape index (κ2) is 5.71. The number of hydrogen-bond acceptors (Lipinski definition) is 0. The van der Waals surface area contributed by atoms with E-state index in [1.54, 1.807) is 36.4 Å². The van der Waals surface area contributed by atoms with Gasteiger partial charge in [-0.15, -0.1) is 0 Å².